The fourth-order valence-corrected chi connectivity index (χ4v) is 1.09. The van der Waals surface area contributed by atoms with Gasteiger partial charge in [-0.2, -0.15) is 0 Å². The quantitative estimate of drug-likeness (QED) is 0.419. The SMILES string of the molecule is COC(=O)N(OCC(=O)[O-])C(=O)c1ccccc1.[Na+]. The van der Waals surface area contributed by atoms with Crippen molar-refractivity contribution in [1.82, 2.24) is 5.06 Å². The minimum absolute atomic E-state index is 0. The van der Waals surface area contributed by atoms with Gasteiger partial charge < -0.3 is 14.6 Å². The van der Waals surface area contributed by atoms with Crippen LogP contribution in [0.2, 0.25) is 0 Å². The summed E-state index contributed by atoms with van der Waals surface area (Å²) in [6.07, 6.45) is -1.12. The zero-order valence-electron chi connectivity index (χ0n) is 10.5. The number of aliphatic carboxylic acids is 1. The van der Waals surface area contributed by atoms with Gasteiger partial charge in [-0.25, -0.2) is 4.79 Å². The number of carbonyl (C=O) groups excluding carboxylic acids is 3. The number of benzene rings is 1. The Kier molecular flexibility index (Phi) is 8.01. The van der Waals surface area contributed by atoms with Gasteiger partial charge in [-0.15, -0.1) is 5.06 Å². The predicted octanol–water partition coefficient (Wildman–Crippen LogP) is -3.42. The van der Waals surface area contributed by atoms with E-state index in [1.807, 2.05) is 0 Å². The van der Waals surface area contributed by atoms with Crippen molar-refractivity contribution in [3.8, 4) is 0 Å². The fraction of sp³-hybridized carbons (Fsp3) is 0.182. The molecule has 0 fully saturated rings. The van der Waals surface area contributed by atoms with Gasteiger partial charge in [0.15, 0.2) is 0 Å². The molecule has 0 saturated heterocycles. The third-order valence-corrected chi connectivity index (χ3v) is 1.86. The number of carbonyl (C=O) groups is 3. The Morgan fingerprint density at radius 2 is 1.79 bits per heavy atom. The monoisotopic (exact) mass is 275 g/mol. The van der Waals surface area contributed by atoms with Crippen LogP contribution in [-0.4, -0.2) is 36.7 Å². The van der Waals surface area contributed by atoms with Crippen molar-refractivity contribution < 1.29 is 58.6 Å². The Morgan fingerprint density at radius 1 is 1.21 bits per heavy atom. The molecule has 0 saturated carbocycles. The van der Waals surface area contributed by atoms with E-state index in [4.69, 9.17) is 0 Å². The number of nitrogens with zero attached hydrogens (tertiary/aromatic N) is 1. The molecule has 0 aliphatic heterocycles. The van der Waals surface area contributed by atoms with E-state index in [0.717, 1.165) is 7.11 Å². The van der Waals surface area contributed by atoms with E-state index in [-0.39, 0.29) is 40.2 Å². The molecule has 7 nitrogen and oxygen atoms in total. The van der Waals surface area contributed by atoms with Gasteiger partial charge in [-0.05, 0) is 12.1 Å². The van der Waals surface area contributed by atoms with Crippen LogP contribution in [0.5, 0.6) is 0 Å². The maximum absolute atomic E-state index is 11.8. The van der Waals surface area contributed by atoms with Gasteiger partial charge in [-0.3, -0.25) is 9.63 Å². The van der Waals surface area contributed by atoms with Gasteiger partial charge in [0.25, 0.3) is 5.91 Å². The Labute approximate surface area is 131 Å². The van der Waals surface area contributed by atoms with Crippen LogP contribution in [0.1, 0.15) is 10.4 Å². The van der Waals surface area contributed by atoms with Crippen molar-refractivity contribution in [2.45, 2.75) is 0 Å². The van der Waals surface area contributed by atoms with Crippen LogP contribution in [-0.2, 0) is 14.4 Å². The molecule has 0 unspecified atom stereocenters. The molecule has 0 atom stereocenters. The molecule has 2 amide bonds. The normalized spacial score (nSPS) is 9.11. The van der Waals surface area contributed by atoms with Crippen LogP contribution in [0, 0.1) is 0 Å². The largest absolute Gasteiger partial charge is 1.00 e. The summed E-state index contributed by atoms with van der Waals surface area (Å²) in [5.41, 5.74) is 0.154. The summed E-state index contributed by atoms with van der Waals surface area (Å²) in [5, 5.41) is 10.5. The summed E-state index contributed by atoms with van der Waals surface area (Å²) in [5.74, 6) is -2.39. The summed E-state index contributed by atoms with van der Waals surface area (Å²) in [6, 6.07) is 7.74. The summed E-state index contributed by atoms with van der Waals surface area (Å²) in [6.45, 7) is -0.937. The van der Waals surface area contributed by atoms with Gasteiger partial charge in [0.05, 0.1) is 13.1 Å². The van der Waals surface area contributed by atoms with E-state index in [1.165, 1.54) is 12.1 Å². The molecule has 19 heavy (non-hydrogen) atoms. The van der Waals surface area contributed by atoms with Gasteiger partial charge in [0, 0.05) is 5.56 Å². The van der Waals surface area contributed by atoms with E-state index in [0.29, 0.717) is 0 Å². The Bertz CT molecular complexity index is 450. The van der Waals surface area contributed by atoms with Crippen LogP contribution in [0.3, 0.4) is 0 Å². The second kappa shape index (κ2) is 8.65. The average Bonchev–Trinajstić information content (AvgIpc) is 2.39. The van der Waals surface area contributed by atoms with Gasteiger partial charge in [0.2, 0.25) is 0 Å². The molecule has 0 bridgehead atoms. The number of rotatable bonds is 4. The van der Waals surface area contributed by atoms with E-state index in [1.54, 1.807) is 18.2 Å². The van der Waals surface area contributed by atoms with Crippen LogP contribution in [0.4, 0.5) is 4.79 Å². The standard InChI is InChI=1S/C11H11NO6.Na/c1-17-11(16)12(18-7-9(13)14)10(15)8-5-3-2-4-6-8;/h2-6H,7H2,1H3,(H,13,14);/q;+1/p-1. The zero-order valence-corrected chi connectivity index (χ0v) is 12.5. The second-order valence-corrected chi connectivity index (χ2v) is 3.08. The first-order valence-corrected chi connectivity index (χ1v) is 4.86. The first-order valence-electron chi connectivity index (χ1n) is 4.86. The smallest absolute Gasteiger partial charge is 0.548 e. The molecular weight excluding hydrogens is 265 g/mol. The minimum Gasteiger partial charge on any atom is -0.548 e. The zero-order chi connectivity index (χ0) is 13.5. The van der Waals surface area contributed by atoms with Gasteiger partial charge in [-0.1, -0.05) is 18.2 Å². The molecule has 1 aromatic carbocycles. The minimum atomic E-state index is -1.57. The third kappa shape index (κ3) is 5.39. The molecule has 0 aromatic heterocycles. The van der Waals surface area contributed by atoms with Gasteiger partial charge in [0.1, 0.15) is 6.61 Å². The summed E-state index contributed by atoms with van der Waals surface area (Å²) < 4.78 is 4.32. The molecule has 0 aliphatic carbocycles. The molecule has 0 aliphatic rings. The molecule has 0 N–H and O–H groups in total. The number of amides is 2. The van der Waals surface area contributed by atoms with E-state index in [2.05, 4.69) is 9.57 Å². The number of hydrogen-bond acceptors (Lipinski definition) is 6. The van der Waals surface area contributed by atoms with Crippen molar-refractivity contribution in [3.05, 3.63) is 35.9 Å². The Balaban J connectivity index is 0.00000324. The first kappa shape index (κ1) is 17.6. The maximum atomic E-state index is 11.8. The van der Waals surface area contributed by atoms with Crippen molar-refractivity contribution in [3.63, 3.8) is 0 Å². The van der Waals surface area contributed by atoms with Gasteiger partial charge >= 0.3 is 35.7 Å². The molecule has 8 heteroatoms. The second-order valence-electron chi connectivity index (χ2n) is 3.08. The predicted molar refractivity (Wildman–Crippen MR) is 56.0 cm³/mol. The molecule has 96 valence electrons. The van der Waals surface area contributed by atoms with Crippen molar-refractivity contribution >= 4 is 18.0 Å². The maximum Gasteiger partial charge on any atom is 1.00 e. The molecule has 1 aromatic rings. The Hall–Kier alpha value is -1.41. The van der Waals surface area contributed by atoms with Crippen LogP contribution in [0.25, 0.3) is 0 Å². The molecule has 0 radical (unpaired) electrons. The summed E-state index contributed by atoms with van der Waals surface area (Å²) in [4.78, 5) is 37.9. The summed E-state index contributed by atoms with van der Waals surface area (Å²) >= 11 is 0. The van der Waals surface area contributed by atoms with Crippen molar-refractivity contribution in [2.75, 3.05) is 13.7 Å². The topological polar surface area (TPSA) is 96.0 Å². The number of carboxylic acid groups (broad SMARTS) is 1. The molecular formula is C11H10NNaO6. The third-order valence-electron chi connectivity index (χ3n) is 1.86. The fourth-order valence-electron chi connectivity index (χ4n) is 1.09. The molecule has 1 rings (SSSR count). The van der Waals surface area contributed by atoms with E-state index < -0.39 is 24.6 Å². The van der Waals surface area contributed by atoms with E-state index in [9.17, 15) is 19.5 Å². The van der Waals surface area contributed by atoms with E-state index >= 15 is 0 Å². The number of hydroxylamine groups is 2. The number of hydrogen-bond donors (Lipinski definition) is 0. The molecule has 0 spiro atoms. The average molecular weight is 275 g/mol. The number of imide groups is 1. The Morgan fingerprint density at radius 3 is 2.26 bits per heavy atom. The first-order chi connectivity index (χ1) is 8.56. The summed E-state index contributed by atoms with van der Waals surface area (Å²) in [7, 11) is 1.04. The number of methoxy groups -OCH3 is 1. The molecule has 0 heterocycles. The van der Waals surface area contributed by atoms with Crippen molar-refractivity contribution in [2.24, 2.45) is 0 Å². The van der Waals surface area contributed by atoms with Crippen LogP contribution < -0.4 is 34.7 Å². The van der Waals surface area contributed by atoms with Crippen molar-refractivity contribution in [1.29, 1.82) is 0 Å². The van der Waals surface area contributed by atoms with Crippen LogP contribution in [0.15, 0.2) is 30.3 Å². The number of carboxylic acids is 1. The number of ether oxygens (including phenoxy) is 1. The van der Waals surface area contributed by atoms with Crippen LogP contribution >= 0.6 is 0 Å².